The van der Waals surface area contributed by atoms with E-state index < -0.39 is 0 Å². The molecule has 12 heavy (non-hydrogen) atoms. The van der Waals surface area contributed by atoms with Gasteiger partial charge in [-0.3, -0.25) is 0 Å². The van der Waals surface area contributed by atoms with Gasteiger partial charge in [0.2, 0.25) is 0 Å². The lowest BCUT2D eigenvalue weighted by Crippen LogP contribution is -2.06. The molecule has 0 bridgehead atoms. The molecule has 0 amide bonds. The minimum absolute atomic E-state index is 0.0834. The number of phenols is 2. The van der Waals surface area contributed by atoms with E-state index in [0.29, 0.717) is 10.0 Å². The molecule has 0 fully saturated rings. The van der Waals surface area contributed by atoms with Crippen molar-refractivity contribution < 1.29 is 10.2 Å². The zero-order valence-corrected chi connectivity index (χ0v) is 8.17. The highest BCUT2D eigenvalue weighted by atomic mass is 79.9. The van der Waals surface area contributed by atoms with Gasteiger partial charge in [-0.25, -0.2) is 0 Å². The molecular formula is C8H10BrNO2. The van der Waals surface area contributed by atoms with Crippen molar-refractivity contribution in [3.63, 3.8) is 0 Å². The summed E-state index contributed by atoms with van der Waals surface area (Å²) in [6, 6.07) is 2.51. The van der Waals surface area contributed by atoms with E-state index in [2.05, 4.69) is 15.9 Å². The Balaban J connectivity index is 3.33. The molecule has 0 saturated carbocycles. The highest BCUT2D eigenvalue weighted by molar-refractivity contribution is 9.10. The van der Waals surface area contributed by atoms with Gasteiger partial charge in [-0.05, 0) is 35.0 Å². The Hall–Kier alpha value is -0.740. The zero-order valence-electron chi connectivity index (χ0n) is 6.58. The molecule has 1 aromatic rings. The third-order valence-corrected chi connectivity index (χ3v) is 2.43. The van der Waals surface area contributed by atoms with Gasteiger partial charge < -0.3 is 15.9 Å². The molecule has 0 aliphatic heterocycles. The highest BCUT2D eigenvalue weighted by Gasteiger charge is 2.13. The molecule has 1 unspecified atom stereocenters. The first-order chi connectivity index (χ1) is 5.54. The summed E-state index contributed by atoms with van der Waals surface area (Å²) in [5, 5.41) is 18.6. The zero-order chi connectivity index (χ0) is 9.30. The Bertz CT molecular complexity index is 299. The quantitative estimate of drug-likeness (QED) is 0.647. The first-order valence-corrected chi connectivity index (χ1v) is 4.29. The summed E-state index contributed by atoms with van der Waals surface area (Å²) in [6.07, 6.45) is 0. The molecule has 4 N–H and O–H groups in total. The third-order valence-electron chi connectivity index (χ3n) is 1.59. The van der Waals surface area contributed by atoms with Crippen LogP contribution in [0.4, 0.5) is 0 Å². The lowest BCUT2D eigenvalue weighted by atomic mass is 10.1. The molecule has 1 atom stereocenters. The van der Waals surface area contributed by atoms with E-state index in [1.807, 2.05) is 0 Å². The van der Waals surface area contributed by atoms with Gasteiger partial charge in [0.1, 0.15) is 11.5 Å². The molecular weight excluding hydrogens is 222 g/mol. The first-order valence-electron chi connectivity index (χ1n) is 3.50. The summed E-state index contributed by atoms with van der Waals surface area (Å²) >= 11 is 3.14. The van der Waals surface area contributed by atoms with E-state index in [1.165, 1.54) is 12.1 Å². The lowest BCUT2D eigenvalue weighted by molar-refractivity contribution is 0.447. The average molecular weight is 232 g/mol. The standard InChI is InChI=1S/C8H10BrNO2/c1-4(10)7-5(11)2-3-6(12)8(7)9/h2-4,11-12H,10H2,1H3. The summed E-state index contributed by atoms with van der Waals surface area (Å²) < 4.78 is 0.456. The maximum Gasteiger partial charge on any atom is 0.130 e. The maximum atomic E-state index is 9.37. The van der Waals surface area contributed by atoms with Crippen LogP contribution in [0.2, 0.25) is 0 Å². The van der Waals surface area contributed by atoms with E-state index in [1.54, 1.807) is 6.92 Å². The summed E-state index contributed by atoms with van der Waals surface area (Å²) in [5.74, 6) is 0.176. The van der Waals surface area contributed by atoms with Crippen LogP contribution < -0.4 is 5.73 Å². The van der Waals surface area contributed by atoms with Crippen molar-refractivity contribution in [2.24, 2.45) is 5.73 Å². The molecule has 0 heterocycles. The van der Waals surface area contributed by atoms with Crippen LogP contribution in [-0.4, -0.2) is 10.2 Å². The fraction of sp³-hybridized carbons (Fsp3) is 0.250. The lowest BCUT2D eigenvalue weighted by Gasteiger charge is -2.11. The number of nitrogens with two attached hydrogens (primary N) is 1. The summed E-state index contributed by atoms with van der Waals surface area (Å²) in [7, 11) is 0. The maximum absolute atomic E-state index is 9.37. The summed E-state index contributed by atoms with van der Waals surface area (Å²) in [5.41, 5.74) is 6.11. The Labute approximate surface area is 79.0 Å². The predicted molar refractivity (Wildman–Crippen MR) is 50.1 cm³/mol. The average Bonchev–Trinajstić information content (AvgIpc) is 1.97. The van der Waals surface area contributed by atoms with Gasteiger partial charge in [-0.15, -0.1) is 0 Å². The van der Waals surface area contributed by atoms with E-state index in [0.717, 1.165) is 0 Å². The van der Waals surface area contributed by atoms with Crippen molar-refractivity contribution in [3.8, 4) is 11.5 Å². The van der Waals surface area contributed by atoms with Gasteiger partial charge in [0.05, 0.1) is 4.47 Å². The van der Waals surface area contributed by atoms with Gasteiger partial charge in [-0.1, -0.05) is 0 Å². The van der Waals surface area contributed by atoms with Crippen LogP contribution in [0.1, 0.15) is 18.5 Å². The SMILES string of the molecule is CC(N)c1c(O)ccc(O)c1Br. The third kappa shape index (κ3) is 1.54. The molecule has 3 nitrogen and oxygen atoms in total. The molecule has 66 valence electrons. The topological polar surface area (TPSA) is 66.5 Å². The van der Waals surface area contributed by atoms with Crippen molar-refractivity contribution >= 4 is 15.9 Å². The second-order valence-corrected chi connectivity index (χ2v) is 3.41. The minimum Gasteiger partial charge on any atom is -0.508 e. The fourth-order valence-electron chi connectivity index (χ4n) is 1.00. The van der Waals surface area contributed by atoms with Crippen molar-refractivity contribution in [2.45, 2.75) is 13.0 Å². The number of aromatic hydroxyl groups is 2. The summed E-state index contributed by atoms with van der Waals surface area (Å²) in [4.78, 5) is 0. The predicted octanol–water partition coefficient (Wildman–Crippen LogP) is 1.88. The number of hydrogen-bond acceptors (Lipinski definition) is 3. The van der Waals surface area contributed by atoms with Gasteiger partial charge in [0.25, 0.3) is 0 Å². The van der Waals surface area contributed by atoms with Crippen LogP contribution in [0.25, 0.3) is 0 Å². The second kappa shape index (κ2) is 3.33. The van der Waals surface area contributed by atoms with Crippen molar-refractivity contribution in [2.75, 3.05) is 0 Å². The fourth-order valence-corrected chi connectivity index (χ4v) is 1.70. The number of halogens is 1. The molecule has 0 aromatic heterocycles. The first kappa shape index (κ1) is 9.35. The molecule has 1 aromatic carbocycles. The smallest absolute Gasteiger partial charge is 0.130 e. The molecule has 0 aliphatic carbocycles. The van der Waals surface area contributed by atoms with Crippen LogP contribution in [0.5, 0.6) is 11.5 Å². The Morgan fingerprint density at radius 2 is 1.83 bits per heavy atom. The summed E-state index contributed by atoms with van der Waals surface area (Å²) in [6.45, 7) is 1.74. The Kier molecular flexibility index (Phi) is 2.59. The number of hydrogen-bond donors (Lipinski definition) is 3. The van der Waals surface area contributed by atoms with Gasteiger partial charge in [-0.2, -0.15) is 0 Å². The van der Waals surface area contributed by atoms with Crippen LogP contribution in [0.15, 0.2) is 16.6 Å². The van der Waals surface area contributed by atoms with Gasteiger partial charge in [0, 0.05) is 11.6 Å². The van der Waals surface area contributed by atoms with Crippen molar-refractivity contribution in [3.05, 3.63) is 22.2 Å². The van der Waals surface area contributed by atoms with Crippen LogP contribution >= 0.6 is 15.9 Å². The Morgan fingerprint density at radius 1 is 1.33 bits per heavy atom. The van der Waals surface area contributed by atoms with Gasteiger partial charge in [0.15, 0.2) is 0 Å². The molecule has 1 rings (SSSR count). The van der Waals surface area contributed by atoms with Crippen LogP contribution in [0.3, 0.4) is 0 Å². The van der Waals surface area contributed by atoms with E-state index >= 15 is 0 Å². The largest absolute Gasteiger partial charge is 0.508 e. The second-order valence-electron chi connectivity index (χ2n) is 2.62. The number of benzene rings is 1. The molecule has 4 heteroatoms. The van der Waals surface area contributed by atoms with E-state index in [-0.39, 0.29) is 17.5 Å². The normalized spacial score (nSPS) is 12.9. The monoisotopic (exact) mass is 231 g/mol. The van der Waals surface area contributed by atoms with Crippen molar-refractivity contribution in [1.82, 2.24) is 0 Å². The van der Waals surface area contributed by atoms with Gasteiger partial charge >= 0.3 is 0 Å². The molecule has 0 spiro atoms. The van der Waals surface area contributed by atoms with Crippen LogP contribution in [-0.2, 0) is 0 Å². The minimum atomic E-state index is -0.313. The Morgan fingerprint density at radius 3 is 2.25 bits per heavy atom. The molecule has 0 aliphatic rings. The van der Waals surface area contributed by atoms with Crippen molar-refractivity contribution in [1.29, 1.82) is 0 Å². The van der Waals surface area contributed by atoms with E-state index in [4.69, 9.17) is 5.73 Å². The van der Waals surface area contributed by atoms with Crippen LogP contribution in [0, 0.1) is 0 Å². The highest BCUT2D eigenvalue weighted by Crippen LogP contribution is 2.36. The number of phenolic OH excluding ortho intramolecular Hbond substituents is 2. The molecule has 0 saturated heterocycles. The number of rotatable bonds is 1. The molecule has 0 radical (unpaired) electrons. The van der Waals surface area contributed by atoms with E-state index in [9.17, 15) is 10.2 Å².